The van der Waals surface area contributed by atoms with Crippen LogP contribution < -0.4 is 11.5 Å². The number of nitrogens with zero attached hydrogens (tertiary/aromatic N) is 2. The van der Waals surface area contributed by atoms with Crippen LogP contribution in [0.25, 0.3) is 0 Å². The fourth-order valence-corrected chi connectivity index (χ4v) is 0. The van der Waals surface area contributed by atoms with Crippen molar-refractivity contribution in [2.45, 2.75) is 25.9 Å². The number of rotatable bonds is 1. The van der Waals surface area contributed by atoms with Gasteiger partial charge < -0.3 is 0 Å². The number of hydrogen-bond donors (Lipinski definition) is 0. The zero-order chi connectivity index (χ0) is 5.15. The summed E-state index contributed by atoms with van der Waals surface area (Å²) in [6, 6.07) is -1.19. The van der Waals surface area contributed by atoms with Gasteiger partial charge in [-0.05, 0) is 13.8 Å². The maximum absolute atomic E-state index is 8.38. The predicted octanol–water partition coefficient (Wildman–Crippen LogP) is -0.0992. The SMILES string of the molecule is CC([N])C(C)[N]. The molecular weight excluding hydrogens is 76.1 g/mol. The third-order valence-electron chi connectivity index (χ3n) is 0.698. The minimum Gasteiger partial charge on any atom is -0.140 e. The molecule has 0 aliphatic rings. The molecule has 2 atom stereocenters. The van der Waals surface area contributed by atoms with E-state index in [-0.39, 0.29) is 0 Å². The molecule has 0 aliphatic heterocycles. The molecule has 0 bridgehead atoms. The van der Waals surface area contributed by atoms with E-state index in [1.807, 2.05) is 0 Å². The fraction of sp³-hybridized carbons (Fsp3) is 1.00. The van der Waals surface area contributed by atoms with Crippen LogP contribution in [0.15, 0.2) is 0 Å². The van der Waals surface area contributed by atoms with Gasteiger partial charge in [-0.1, -0.05) is 0 Å². The van der Waals surface area contributed by atoms with E-state index < -0.39 is 12.1 Å². The smallest absolute Gasteiger partial charge is 0.0587 e. The molecular formula is C4H8N2. The maximum atomic E-state index is 8.38. The molecule has 4 radical (unpaired) electrons. The summed E-state index contributed by atoms with van der Waals surface area (Å²) in [6.07, 6.45) is 0. The lowest BCUT2D eigenvalue weighted by molar-refractivity contribution is 0.574. The van der Waals surface area contributed by atoms with Gasteiger partial charge in [0.25, 0.3) is 0 Å². The van der Waals surface area contributed by atoms with Gasteiger partial charge in [0, 0.05) is 0 Å². The summed E-state index contributed by atoms with van der Waals surface area (Å²) >= 11 is 0. The average Bonchev–Trinajstić information content (AvgIpc) is 1.36. The summed E-state index contributed by atoms with van der Waals surface area (Å²) in [5.74, 6) is 0. The summed E-state index contributed by atoms with van der Waals surface area (Å²) in [7, 11) is 0. The van der Waals surface area contributed by atoms with E-state index in [9.17, 15) is 0 Å². The molecule has 0 rings (SSSR count). The Bertz CT molecular complexity index is 26.5. The normalized spacial score (nSPS) is 20.0. The zero-order valence-corrected chi connectivity index (χ0v) is 4.05. The van der Waals surface area contributed by atoms with Crippen molar-refractivity contribution in [2.24, 2.45) is 0 Å². The van der Waals surface area contributed by atoms with Crippen molar-refractivity contribution in [1.29, 1.82) is 0 Å². The van der Waals surface area contributed by atoms with Crippen LogP contribution in [0.1, 0.15) is 13.8 Å². The molecule has 34 valence electrons. The molecule has 0 saturated heterocycles. The summed E-state index contributed by atoms with van der Waals surface area (Å²) < 4.78 is 0. The van der Waals surface area contributed by atoms with E-state index in [1.165, 1.54) is 0 Å². The first-order valence-electron chi connectivity index (χ1n) is 2.00. The van der Waals surface area contributed by atoms with Gasteiger partial charge >= 0.3 is 0 Å². The van der Waals surface area contributed by atoms with Gasteiger partial charge in [0.2, 0.25) is 0 Å². The molecule has 0 aromatic rings. The maximum Gasteiger partial charge on any atom is 0.0587 e. The summed E-state index contributed by atoms with van der Waals surface area (Å²) in [5.41, 5.74) is 16.8. The molecule has 0 amide bonds. The van der Waals surface area contributed by atoms with Crippen molar-refractivity contribution in [3.05, 3.63) is 0 Å². The molecule has 0 fully saturated rings. The second-order valence-electron chi connectivity index (χ2n) is 1.48. The second-order valence-corrected chi connectivity index (χ2v) is 1.48. The monoisotopic (exact) mass is 84.1 g/mol. The van der Waals surface area contributed by atoms with Crippen LogP contribution in [0.5, 0.6) is 0 Å². The molecule has 0 heterocycles. The first-order valence-corrected chi connectivity index (χ1v) is 2.00. The first kappa shape index (κ1) is 5.92. The lowest BCUT2D eigenvalue weighted by atomic mass is 10.2. The van der Waals surface area contributed by atoms with Gasteiger partial charge in [-0.3, -0.25) is 0 Å². The highest BCUT2D eigenvalue weighted by Gasteiger charge is 2.01. The van der Waals surface area contributed by atoms with E-state index in [0.717, 1.165) is 0 Å². The van der Waals surface area contributed by atoms with Gasteiger partial charge in [-0.15, -0.1) is 11.5 Å². The Kier molecular flexibility index (Phi) is 2.13. The Morgan fingerprint density at radius 1 is 1.00 bits per heavy atom. The summed E-state index contributed by atoms with van der Waals surface area (Å²) in [5, 5.41) is 0. The molecule has 0 spiro atoms. The van der Waals surface area contributed by atoms with Crippen LogP contribution in [0, 0.1) is 0 Å². The molecule has 0 aromatic heterocycles. The van der Waals surface area contributed by atoms with Gasteiger partial charge in [0.15, 0.2) is 0 Å². The topological polar surface area (TPSA) is 44.6 Å². The van der Waals surface area contributed by atoms with E-state index in [0.29, 0.717) is 0 Å². The van der Waals surface area contributed by atoms with Crippen LogP contribution in [-0.2, 0) is 0 Å². The van der Waals surface area contributed by atoms with Crippen LogP contribution in [0.2, 0.25) is 0 Å². The van der Waals surface area contributed by atoms with Crippen molar-refractivity contribution >= 4 is 0 Å². The highest BCUT2D eigenvalue weighted by atomic mass is 14.7. The third-order valence-corrected chi connectivity index (χ3v) is 0.698. The molecule has 0 saturated carbocycles. The van der Waals surface area contributed by atoms with Gasteiger partial charge in [0.05, 0.1) is 12.1 Å². The number of hydrogen-bond acceptors (Lipinski definition) is 0. The minimum atomic E-state index is -0.593. The van der Waals surface area contributed by atoms with E-state index in [1.54, 1.807) is 13.8 Å². The van der Waals surface area contributed by atoms with E-state index >= 15 is 0 Å². The Morgan fingerprint density at radius 3 is 1.17 bits per heavy atom. The van der Waals surface area contributed by atoms with Crippen molar-refractivity contribution in [3.8, 4) is 0 Å². The highest BCUT2D eigenvalue weighted by molar-refractivity contribution is 4.61. The predicted molar refractivity (Wildman–Crippen MR) is 23.2 cm³/mol. The van der Waals surface area contributed by atoms with Crippen LogP contribution in [-0.4, -0.2) is 12.1 Å². The highest BCUT2D eigenvalue weighted by Crippen LogP contribution is 1.83. The first-order chi connectivity index (χ1) is 2.64. The van der Waals surface area contributed by atoms with Crippen molar-refractivity contribution < 1.29 is 0 Å². The lowest BCUT2D eigenvalue weighted by Gasteiger charge is -1.99. The minimum absolute atomic E-state index is 0.593. The fourth-order valence-electron chi connectivity index (χ4n) is 0. The molecule has 2 heteroatoms. The molecule has 6 heavy (non-hydrogen) atoms. The zero-order valence-electron chi connectivity index (χ0n) is 4.05. The van der Waals surface area contributed by atoms with Crippen molar-refractivity contribution in [3.63, 3.8) is 0 Å². The lowest BCUT2D eigenvalue weighted by Crippen LogP contribution is -2.21. The summed E-state index contributed by atoms with van der Waals surface area (Å²) in [4.78, 5) is 0. The Hall–Kier alpha value is -0.0800. The Balaban J connectivity index is 2.99. The standard InChI is InChI=1S/C4H8N2/c1-3(5)4(2)6/h3-4H,1-2H3. The quantitative estimate of drug-likeness (QED) is 0.426. The molecule has 0 N–H and O–H groups in total. The van der Waals surface area contributed by atoms with E-state index in [2.05, 4.69) is 0 Å². The molecule has 0 aliphatic carbocycles. The molecule has 0 aromatic carbocycles. The second kappa shape index (κ2) is 2.16. The van der Waals surface area contributed by atoms with Gasteiger partial charge in [0.1, 0.15) is 0 Å². The van der Waals surface area contributed by atoms with Crippen LogP contribution in [0.3, 0.4) is 0 Å². The Morgan fingerprint density at radius 2 is 1.17 bits per heavy atom. The molecule has 2 unspecified atom stereocenters. The van der Waals surface area contributed by atoms with Gasteiger partial charge in [-0.2, -0.15) is 0 Å². The largest absolute Gasteiger partial charge is 0.140 e. The Labute approximate surface area is 38.5 Å². The molecule has 2 nitrogen and oxygen atoms in total. The van der Waals surface area contributed by atoms with Crippen molar-refractivity contribution in [1.82, 2.24) is 11.5 Å². The summed E-state index contributed by atoms with van der Waals surface area (Å²) in [6.45, 7) is 3.09. The van der Waals surface area contributed by atoms with Crippen molar-refractivity contribution in [2.75, 3.05) is 0 Å². The van der Waals surface area contributed by atoms with Crippen LogP contribution in [0.4, 0.5) is 0 Å². The van der Waals surface area contributed by atoms with Crippen LogP contribution >= 0.6 is 0 Å². The average molecular weight is 84.1 g/mol. The van der Waals surface area contributed by atoms with Gasteiger partial charge in [-0.25, -0.2) is 0 Å². The van der Waals surface area contributed by atoms with E-state index in [4.69, 9.17) is 11.5 Å². The third kappa shape index (κ3) is 2.18.